The van der Waals surface area contributed by atoms with E-state index in [-0.39, 0.29) is 0 Å². The van der Waals surface area contributed by atoms with Crippen LogP contribution in [0.4, 0.5) is 5.69 Å². The maximum atomic E-state index is 6.21. The van der Waals surface area contributed by atoms with E-state index in [0.717, 1.165) is 20.7 Å². The van der Waals surface area contributed by atoms with Crippen LogP contribution in [0.3, 0.4) is 0 Å². The summed E-state index contributed by atoms with van der Waals surface area (Å²) in [4.78, 5) is 2.42. The Hall–Kier alpha value is -0.250. The van der Waals surface area contributed by atoms with Gasteiger partial charge in [0, 0.05) is 22.1 Å². The summed E-state index contributed by atoms with van der Waals surface area (Å²) in [5, 5.41) is 4.43. The summed E-state index contributed by atoms with van der Waals surface area (Å²) in [6.45, 7) is 6.69. The molecule has 0 saturated carbocycles. The van der Waals surface area contributed by atoms with Crippen LogP contribution in [0, 0.1) is 12.8 Å². The van der Waals surface area contributed by atoms with E-state index in [4.69, 9.17) is 11.6 Å². The number of nitrogens with one attached hydrogen (secondary N) is 1. The summed E-state index contributed by atoms with van der Waals surface area (Å²) in [7, 11) is 2.21. The van der Waals surface area contributed by atoms with Gasteiger partial charge in [-0.15, -0.1) is 0 Å². The van der Waals surface area contributed by atoms with E-state index in [9.17, 15) is 0 Å². The van der Waals surface area contributed by atoms with Crippen molar-refractivity contribution in [2.75, 3.05) is 25.5 Å². The predicted octanol–water partition coefficient (Wildman–Crippen LogP) is 4.55. The second-order valence-corrected chi connectivity index (χ2v) is 6.94. The highest BCUT2D eigenvalue weighted by Crippen LogP contribution is 2.31. The Morgan fingerprint density at radius 3 is 2.89 bits per heavy atom. The molecular weight excluding hydrogens is 324 g/mol. The van der Waals surface area contributed by atoms with Gasteiger partial charge in [-0.25, -0.2) is 0 Å². The minimum absolute atomic E-state index is 0.456. The van der Waals surface area contributed by atoms with E-state index in [1.54, 1.807) is 0 Å². The summed E-state index contributed by atoms with van der Waals surface area (Å²) >= 11 is 9.82. The number of nitrogens with zero attached hydrogens (tertiary/aromatic N) is 1. The Bertz CT molecular complexity index is 450. The first-order valence-corrected chi connectivity index (χ1v) is 8.05. The lowest BCUT2D eigenvalue weighted by Crippen LogP contribution is -2.39. The van der Waals surface area contributed by atoms with Gasteiger partial charge in [0.05, 0.1) is 5.69 Å². The van der Waals surface area contributed by atoms with E-state index < -0.39 is 0 Å². The topological polar surface area (TPSA) is 15.3 Å². The lowest BCUT2D eigenvalue weighted by Gasteiger charge is -2.34. The van der Waals surface area contributed by atoms with Crippen molar-refractivity contribution in [3.8, 4) is 0 Å². The average molecular weight is 346 g/mol. The quantitative estimate of drug-likeness (QED) is 0.864. The molecule has 2 atom stereocenters. The molecule has 0 aromatic heterocycles. The van der Waals surface area contributed by atoms with Crippen LogP contribution in [0.1, 0.15) is 25.3 Å². The van der Waals surface area contributed by atoms with Crippen LogP contribution >= 0.6 is 27.5 Å². The first kappa shape index (κ1) is 15.1. The number of rotatable bonds is 3. The van der Waals surface area contributed by atoms with Crippen LogP contribution < -0.4 is 5.32 Å². The van der Waals surface area contributed by atoms with Gasteiger partial charge in [0.1, 0.15) is 0 Å². The fourth-order valence-electron chi connectivity index (χ4n) is 2.73. The molecule has 0 bridgehead atoms. The molecule has 2 rings (SSSR count). The van der Waals surface area contributed by atoms with Gasteiger partial charge in [-0.3, -0.25) is 0 Å². The number of likely N-dealkylation sites (tertiary alicyclic amines) is 1. The van der Waals surface area contributed by atoms with E-state index in [1.807, 2.05) is 13.0 Å². The summed E-state index contributed by atoms with van der Waals surface area (Å²) in [6.07, 6.45) is 2.60. The summed E-state index contributed by atoms with van der Waals surface area (Å²) < 4.78 is 1.09. The number of halogens is 2. The zero-order valence-corrected chi connectivity index (χ0v) is 14.2. The molecule has 0 radical (unpaired) electrons. The first-order valence-electron chi connectivity index (χ1n) is 6.88. The minimum Gasteiger partial charge on any atom is -0.381 e. The van der Waals surface area contributed by atoms with Gasteiger partial charge in [0.15, 0.2) is 0 Å². The molecule has 0 amide bonds. The minimum atomic E-state index is 0.456. The smallest absolute Gasteiger partial charge is 0.0501 e. The van der Waals surface area contributed by atoms with E-state index in [0.29, 0.717) is 12.0 Å². The molecule has 1 aliphatic rings. The number of aryl methyl sites for hydroxylation is 1. The number of hydrogen-bond donors (Lipinski definition) is 1. The van der Waals surface area contributed by atoms with E-state index >= 15 is 0 Å². The zero-order chi connectivity index (χ0) is 14.0. The number of piperidine rings is 1. The van der Waals surface area contributed by atoms with Gasteiger partial charge in [-0.05, 0) is 79.8 Å². The molecule has 2 nitrogen and oxygen atoms in total. The highest BCUT2D eigenvalue weighted by Gasteiger charge is 2.23. The Morgan fingerprint density at radius 1 is 1.47 bits per heavy atom. The Balaban J connectivity index is 2.06. The zero-order valence-electron chi connectivity index (χ0n) is 11.8. The number of benzene rings is 1. The number of anilines is 1. The molecule has 1 aromatic carbocycles. The molecule has 1 heterocycles. The van der Waals surface area contributed by atoms with Gasteiger partial charge in [-0.2, -0.15) is 0 Å². The largest absolute Gasteiger partial charge is 0.381 e. The van der Waals surface area contributed by atoms with Crippen molar-refractivity contribution in [3.05, 3.63) is 27.2 Å². The molecule has 0 spiro atoms. The van der Waals surface area contributed by atoms with Crippen molar-refractivity contribution in [2.24, 2.45) is 5.92 Å². The second kappa shape index (κ2) is 6.47. The first-order chi connectivity index (χ1) is 8.97. The Labute approximate surface area is 129 Å². The van der Waals surface area contributed by atoms with Crippen LogP contribution in [0.15, 0.2) is 16.6 Å². The molecule has 1 aliphatic heterocycles. The van der Waals surface area contributed by atoms with Crippen LogP contribution in [-0.4, -0.2) is 31.1 Å². The van der Waals surface area contributed by atoms with Crippen molar-refractivity contribution in [2.45, 2.75) is 32.7 Å². The van der Waals surface area contributed by atoms with Crippen LogP contribution in [0.5, 0.6) is 0 Å². The maximum absolute atomic E-state index is 6.21. The molecular formula is C15H22BrClN2. The summed E-state index contributed by atoms with van der Waals surface area (Å²) in [5.74, 6) is 0.700. The fourth-order valence-corrected chi connectivity index (χ4v) is 3.47. The van der Waals surface area contributed by atoms with Crippen molar-refractivity contribution in [1.82, 2.24) is 4.90 Å². The third-order valence-electron chi connectivity index (χ3n) is 4.00. The SMILES string of the molecule is Cc1cc(Br)c(NC(C)C2CCCN(C)C2)cc1Cl. The van der Waals surface area contributed by atoms with Gasteiger partial charge in [-0.1, -0.05) is 11.6 Å². The lowest BCUT2D eigenvalue weighted by atomic mass is 9.91. The third-order valence-corrected chi connectivity index (χ3v) is 5.06. The predicted molar refractivity (Wildman–Crippen MR) is 87.2 cm³/mol. The van der Waals surface area contributed by atoms with Gasteiger partial charge in [0.25, 0.3) is 0 Å². The van der Waals surface area contributed by atoms with Crippen LogP contribution in [-0.2, 0) is 0 Å². The fraction of sp³-hybridized carbons (Fsp3) is 0.600. The van der Waals surface area contributed by atoms with E-state index in [2.05, 4.69) is 46.2 Å². The molecule has 1 N–H and O–H groups in total. The molecule has 1 saturated heterocycles. The van der Waals surface area contributed by atoms with E-state index in [1.165, 1.54) is 25.9 Å². The second-order valence-electron chi connectivity index (χ2n) is 5.68. The van der Waals surface area contributed by atoms with Crippen molar-refractivity contribution in [1.29, 1.82) is 0 Å². The maximum Gasteiger partial charge on any atom is 0.0501 e. The normalized spacial score (nSPS) is 22.3. The van der Waals surface area contributed by atoms with Crippen LogP contribution in [0.25, 0.3) is 0 Å². The van der Waals surface area contributed by atoms with Gasteiger partial charge in [0.2, 0.25) is 0 Å². The monoisotopic (exact) mass is 344 g/mol. The Morgan fingerprint density at radius 2 is 2.21 bits per heavy atom. The van der Waals surface area contributed by atoms with Crippen molar-refractivity contribution < 1.29 is 0 Å². The average Bonchev–Trinajstić information content (AvgIpc) is 2.36. The van der Waals surface area contributed by atoms with Crippen molar-refractivity contribution in [3.63, 3.8) is 0 Å². The molecule has 1 aromatic rings. The number of hydrogen-bond acceptors (Lipinski definition) is 2. The molecule has 0 aliphatic carbocycles. The highest BCUT2D eigenvalue weighted by atomic mass is 79.9. The molecule has 1 fully saturated rings. The third kappa shape index (κ3) is 3.87. The molecule has 106 valence electrons. The highest BCUT2D eigenvalue weighted by molar-refractivity contribution is 9.10. The Kier molecular flexibility index (Phi) is 5.15. The molecule has 19 heavy (non-hydrogen) atoms. The van der Waals surface area contributed by atoms with Crippen LogP contribution in [0.2, 0.25) is 5.02 Å². The molecule has 2 unspecified atom stereocenters. The van der Waals surface area contributed by atoms with Gasteiger partial charge < -0.3 is 10.2 Å². The van der Waals surface area contributed by atoms with Crippen molar-refractivity contribution >= 4 is 33.2 Å². The summed E-state index contributed by atoms with van der Waals surface area (Å²) in [5.41, 5.74) is 2.19. The molecule has 4 heteroatoms. The lowest BCUT2D eigenvalue weighted by molar-refractivity contribution is 0.197. The van der Waals surface area contributed by atoms with Gasteiger partial charge >= 0.3 is 0 Å². The standard InChI is InChI=1S/C15H22BrClN2/c1-10-7-13(16)15(8-14(10)17)18-11(2)12-5-4-6-19(3)9-12/h7-8,11-12,18H,4-6,9H2,1-3H3. The summed E-state index contributed by atoms with van der Waals surface area (Å²) in [6, 6.07) is 4.55.